The third kappa shape index (κ3) is 7.38. The van der Waals surface area contributed by atoms with E-state index >= 15 is 0 Å². The second-order valence-corrected chi connectivity index (χ2v) is 9.32. The Bertz CT molecular complexity index is 877. The Morgan fingerprint density at radius 2 is 1.67 bits per heavy atom. The Kier molecular flexibility index (Phi) is 9.82. The van der Waals surface area contributed by atoms with E-state index in [1.807, 2.05) is 26.0 Å². The van der Waals surface area contributed by atoms with Gasteiger partial charge in [-0.15, -0.1) is 11.8 Å². The van der Waals surface area contributed by atoms with Crippen LogP contribution in [-0.4, -0.2) is 34.6 Å². The lowest BCUT2D eigenvalue weighted by Crippen LogP contribution is -2.50. The lowest BCUT2D eigenvalue weighted by molar-refractivity contribution is -0.138. The number of hydrogen-bond donors (Lipinski definition) is 1. The van der Waals surface area contributed by atoms with Gasteiger partial charge in [-0.1, -0.05) is 47.8 Å². The van der Waals surface area contributed by atoms with E-state index in [-0.39, 0.29) is 30.2 Å². The molecule has 0 aliphatic rings. The second-order valence-electron chi connectivity index (χ2n) is 6.99. The predicted octanol–water partition coefficient (Wildman–Crippen LogP) is 6.07. The van der Waals surface area contributed by atoms with Gasteiger partial charge in [-0.2, -0.15) is 0 Å². The lowest BCUT2D eigenvalue weighted by atomic mass is 10.1. The van der Waals surface area contributed by atoms with Gasteiger partial charge >= 0.3 is 0 Å². The number of rotatable bonds is 9. The topological polar surface area (TPSA) is 49.4 Å². The molecule has 0 saturated carbocycles. The molecule has 0 aromatic heterocycles. The molecule has 162 valence electrons. The van der Waals surface area contributed by atoms with E-state index in [1.165, 1.54) is 11.8 Å². The Morgan fingerprint density at radius 3 is 2.27 bits per heavy atom. The average Bonchev–Trinajstić information content (AvgIpc) is 2.72. The number of nitrogens with zero attached hydrogens (tertiary/aromatic N) is 1. The summed E-state index contributed by atoms with van der Waals surface area (Å²) in [5.41, 5.74) is 0.731. The van der Waals surface area contributed by atoms with Crippen LogP contribution in [-0.2, 0) is 16.1 Å². The van der Waals surface area contributed by atoms with E-state index in [9.17, 15) is 9.59 Å². The molecule has 4 nitrogen and oxygen atoms in total. The number of hydrogen-bond acceptors (Lipinski definition) is 3. The minimum absolute atomic E-state index is 0.0273. The minimum atomic E-state index is -0.649. The summed E-state index contributed by atoms with van der Waals surface area (Å²) < 4.78 is 0. The first kappa shape index (κ1) is 24.9. The molecule has 0 bridgehead atoms. The number of carbonyl (C=O) groups is 2. The summed E-state index contributed by atoms with van der Waals surface area (Å²) in [4.78, 5) is 28.3. The number of thioether (sulfide) groups is 1. The highest BCUT2D eigenvalue weighted by atomic mass is 35.5. The summed E-state index contributed by atoms with van der Waals surface area (Å²) in [6.07, 6.45) is 0.807. The molecule has 0 spiro atoms. The Balaban J connectivity index is 2.18. The molecular weight excluding hydrogens is 463 g/mol. The molecule has 0 aliphatic heterocycles. The third-order valence-corrected chi connectivity index (χ3v) is 6.54. The number of nitrogens with one attached hydrogen (secondary N) is 1. The molecule has 2 aromatic rings. The zero-order valence-electron chi connectivity index (χ0n) is 17.1. The van der Waals surface area contributed by atoms with E-state index in [2.05, 4.69) is 5.32 Å². The van der Waals surface area contributed by atoms with E-state index < -0.39 is 6.04 Å². The Morgan fingerprint density at radius 1 is 1.03 bits per heavy atom. The van der Waals surface area contributed by atoms with Crippen molar-refractivity contribution in [2.45, 2.75) is 50.7 Å². The molecule has 2 amide bonds. The fourth-order valence-corrected chi connectivity index (χ4v) is 4.02. The molecule has 0 aliphatic carbocycles. The van der Waals surface area contributed by atoms with Crippen LogP contribution >= 0.6 is 46.6 Å². The van der Waals surface area contributed by atoms with Gasteiger partial charge in [-0.3, -0.25) is 9.59 Å². The van der Waals surface area contributed by atoms with Crippen LogP contribution in [0, 0.1) is 0 Å². The van der Waals surface area contributed by atoms with Gasteiger partial charge in [0, 0.05) is 32.5 Å². The van der Waals surface area contributed by atoms with Crippen molar-refractivity contribution in [3.05, 3.63) is 63.1 Å². The Labute approximate surface area is 197 Å². The highest BCUT2D eigenvalue weighted by Crippen LogP contribution is 2.25. The summed E-state index contributed by atoms with van der Waals surface area (Å²) in [5.74, 6) is -0.166. The normalized spacial score (nSPS) is 12.9. The molecule has 1 N–H and O–H groups in total. The highest BCUT2D eigenvalue weighted by molar-refractivity contribution is 8.00. The molecule has 2 atom stereocenters. The Hall–Kier alpha value is -1.40. The SMILES string of the molecule is CC[C@@H](C)NC(=O)[C@H](C)N(Cc1ccc(Cl)cc1Cl)C(=O)CSc1ccc(Cl)cc1. The van der Waals surface area contributed by atoms with Crippen LogP contribution < -0.4 is 5.32 Å². The quantitative estimate of drug-likeness (QED) is 0.437. The van der Waals surface area contributed by atoms with Gasteiger partial charge in [0.1, 0.15) is 6.04 Å². The zero-order chi connectivity index (χ0) is 22.3. The van der Waals surface area contributed by atoms with Crippen LogP contribution in [0.4, 0.5) is 0 Å². The first-order valence-electron chi connectivity index (χ1n) is 9.63. The largest absolute Gasteiger partial charge is 0.352 e. The van der Waals surface area contributed by atoms with E-state index in [0.29, 0.717) is 15.1 Å². The molecule has 0 unspecified atom stereocenters. The average molecular weight is 488 g/mol. The van der Waals surface area contributed by atoms with E-state index in [1.54, 1.807) is 42.2 Å². The van der Waals surface area contributed by atoms with Gasteiger partial charge in [-0.25, -0.2) is 0 Å². The number of carbonyl (C=O) groups excluding carboxylic acids is 2. The van der Waals surface area contributed by atoms with Crippen LogP contribution in [0.25, 0.3) is 0 Å². The summed E-state index contributed by atoms with van der Waals surface area (Å²) in [5, 5.41) is 4.56. The van der Waals surface area contributed by atoms with E-state index in [4.69, 9.17) is 34.8 Å². The van der Waals surface area contributed by atoms with Crippen LogP contribution in [0.3, 0.4) is 0 Å². The summed E-state index contributed by atoms with van der Waals surface area (Å²) >= 11 is 19.6. The first-order valence-corrected chi connectivity index (χ1v) is 11.7. The van der Waals surface area contributed by atoms with Crippen molar-refractivity contribution in [3.8, 4) is 0 Å². The summed E-state index contributed by atoms with van der Waals surface area (Å²) in [6.45, 7) is 5.87. The van der Waals surface area contributed by atoms with Gasteiger partial charge < -0.3 is 10.2 Å². The van der Waals surface area contributed by atoms with E-state index in [0.717, 1.165) is 16.9 Å². The van der Waals surface area contributed by atoms with Crippen molar-refractivity contribution >= 4 is 58.4 Å². The first-order chi connectivity index (χ1) is 14.2. The van der Waals surface area contributed by atoms with Gasteiger partial charge in [0.05, 0.1) is 5.75 Å². The molecule has 0 heterocycles. The number of halogens is 3. The van der Waals surface area contributed by atoms with Crippen molar-refractivity contribution in [3.63, 3.8) is 0 Å². The van der Waals surface area contributed by atoms with Gasteiger partial charge in [-0.05, 0) is 62.2 Å². The maximum atomic E-state index is 13.1. The van der Waals surface area contributed by atoms with Crippen molar-refractivity contribution < 1.29 is 9.59 Å². The van der Waals surface area contributed by atoms with Gasteiger partial charge in [0.2, 0.25) is 11.8 Å². The maximum absolute atomic E-state index is 13.1. The smallest absolute Gasteiger partial charge is 0.242 e. The fraction of sp³-hybridized carbons (Fsp3) is 0.364. The van der Waals surface area contributed by atoms with Gasteiger partial charge in [0.25, 0.3) is 0 Å². The maximum Gasteiger partial charge on any atom is 0.242 e. The molecule has 0 saturated heterocycles. The molecular formula is C22H25Cl3N2O2S. The second kappa shape index (κ2) is 11.8. The minimum Gasteiger partial charge on any atom is -0.352 e. The predicted molar refractivity (Wildman–Crippen MR) is 127 cm³/mol. The molecule has 8 heteroatoms. The van der Waals surface area contributed by atoms with Crippen molar-refractivity contribution in [2.75, 3.05) is 5.75 Å². The standard InChI is InChI=1S/C22H25Cl3N2O2S/c1-4-14(2)26-22(29)15(3)27(12-16-5-6-18(24)11-20(16)25)21(28)13-30-19-9-7-17(23)8-10-19/h5-11,14-15H,4,12-13H2,1-3H3,(H,26,29)/t14-,15+/m1/s1. The molecule has 2 rings (SSSR count). The van der Waals surface area contributed by atoms with Crippen LogP contribution in [0.2, 0.25) is 15.1 Å². The van der Waals surface area contributed by atoms with Gasteiger partial charge in [0.15, 0.2) is 0 Å². The third-order valence-electron chi connectivity index (χ3n) is 4.70. The number of amides is 2. The fourth-order valence-electron chi connectivity index (χ4n) is 2.64. The number of benzene rings is 2. The summed E-state index contributed by atoms with van der Waals surface area (Å²) in [7, 11) is 0. The monoisotopic (exact) mass is 486 g/mol. The van der Waals surface area contributed by atoms with Crippen molar-refractivity contribution in [1.82, 2.24) is 10.2 Å². The van der Waals surface area contributed by atoms with Crippen LogP contribution in [0.5, 0.6) is 0 Å². The van der Waals surface area contributed by atoms with Crippen LogP contribution in [0.15, 0.2) is 47.4 Å². The van der Waals surface area contributed by atoms with Crippen molar-refractivity contribution in [2.24, 2.45) is 0 Å². The van der Waals surface area contributed by atoms with Crippen molar-refractivity contribution in [1.29, 1.82) is 0 Å². The molecule has 0 radical (unpaired) electrons. The highest BCUT2D eigenvalue weighted by Gasteiger charge is 2.27. The molecule has 30 heavy (non-hydrogen) atoms. The molecule has 0 fully saturated rings. The zero-order valence-corrected chi connectivity index (χ0v) is 20.2. The molecule has 2 aromatic carbocycles. The van der Waals surface area contributed by atoms with Crippen LogP contribution in [0.1, 0.15) is 32.8 Å². The summed E-state index contributed by atoms with van der Waals surface area (Å²) in [6, 6.07) is 11.8. The lowest BCUT2D eigenvalue weighted by Gasteiger charge is -2.30.